The Morgan fingerprint density at radius 1 is 1.20 bits per heavy atom. The van der Waals surface area contributed by atoms with Gasteiger partial charge in [-0.25, -0.2) is 4.98 Å². The van der Waals surface area contributed by atoms with Gasteiger partial charge in [-0.15, -0.1) is 0 Å². The second-order valence-corrected chi connectivity index (χ2v) is 8.28. The molecule has 4 rings (SSSR count). The molecule has 1 aromatic carbocycles. The molecule has 2 fully saturated rings. The van der Waals surface area contributed by atoms with Crippen molar-refractivity contribution in [3.63, 3.8) is 0 Å². The molecule has 0 bridgehead atoms. The lowest BCUT2D eigenvalue weighted by atomic mass is 10.2. The number of thioether (sulfide) groups is 1. The molecule has 1 aliphatic carbocycles. The van der Waals surface area contributed by atoms with Crippen molar-refractivity contribution in [1.82, 2.24) is 9.97 Å². The first-order chi connectivity index (χ1) is 12.3. The highest BCUT2D eigenvalue weighted by molar-refractivity contribution is 7.99. The number of aromatic nitrogens is 2. The summed E-state index contributed by atoms with van der Waals surface area (Å²) in [6.07, 6.45) is 7.23. The van der Waals surface area contributed by atoms with Gasteiger partial charge < -0.3 is 15.0 Å². The molecule has 2 aliphatic rings. The Labute approximate surface area is 152 Å². The van der Waals surface area contributed by atoms with Gasteiger partial charge in [-0.1, -0.05) is 12.8 Å². The Bertz CT molecular complexity index is 780. The highest BCUT2D eigenvalue weighted by atomic mass is 32.2. The molecule has 0 unspecified atom stereocenters. The minimum atomic E-state index is -0.0417. The molecular formula is C19H25N3O2S. The number of rotatable bonds is 5. The number of aromatic amines is 1. The summed E-state index contributed by atoms with van der Waals surface area (Å²) >= 11 is 1.87. The maximum Gasteiger partial charge on any atom is 0.258 e. The van der Waals surface area contributed by atoms with E-state index < -0.39 is 0 Å². The van der Waals surface area contributed by atoms with Gasteiger partial charge in [-0.05, 0) is 43.9 Å². The Balaban J connectivity index is 1.50. The van der Waals surface area contributed by atoms with Crippen molar-refractivity contribution in [2.24, 2.45) is 0 Å². The average molecular weight is 359 g/mol. The van der Waals surface area contributed by atoms with Crippen LogP contribution in [0.4, 0.5) is 5.69 Å². The maximum absolute atomic E-state index is 12.4. The van der Waals surface area contributed by atoms with E-state index in [0.717, 1.165) is 48.8 Å². The largest absolute Gasteiger partial charge is 0.382 e. The molecule has 6 heteroatoms. The fourth-order valence-electron chi connectivity index (χ4n) is 3.69. The zero-order chi connectivity index (χ0) is 17.1. The molecular weight excluding hydrogens is 334 g/mol. The van der Waals surface area contributed by atoms with Crippen molar-refractivity contribution in [1.29, 1.82) is 0 Å². The second kappa shape index (κ2) is 7.79. The third-order valence-electron chi connectivity index (χ3n) is 5.11. The highest BCUT2D eigenvalue weighted by Crippen LogP contribution is 2.26. The van der Waals surface area contributed by atoms with Crippen LogP contribution in [0.3, 0.4) is 0 Å². The smallest absolute Gasteiger partial charge is 0.258 e. The van der Waals surface area contributed by atoms with E-state index in [1.54, 1.807) is 0 Å². The molecule has 1 aromatic heterocycles. The zero-order valence-corrected chi connectivity index (χ0v) is 15.2. The lowest BCUT2D eigenvalue weighted by Crippen LogP contribution is -2.18. The minimum absolute atomic E-state index is 0.0417. The molecule has 0 atom stereocenters. The molecule has 134 valence electrons. The van der Waals surface area contributed by atoms with Crippen LogP contribution in [0.15, 0.2) is 23.0 Å². The van der Waals surface area contributed by atoms with Crippen LogP contribution < -0.4 is 10.9 Å². The molecule has 2 N–H and O–H groups in total. The van der Waals surface area contributed by atoms with Gasteiger partial charge in [0.1, 0.15) is 5.82 Å². The molecule has 5 nitrogen and oxygen atoms in total. The molecule has 2 heterocycles. The number of anilines is 1. The van der Waals surface area contributed by atoms with E-state index in [0.29, 0.717) is 16.7 Å². The summed E-state index contributed by atoms with van der Waals surface area (Å²) in [6.45, 7) is 1.69. The van der Waals surface area contributed by atoms with E-state index >= 15 is 0 Å². The Kier molecular flexibility index (Phi) is 5.27. The van der Waals surface area contributed by atoms with Crippen molar-refractivity contribution in [2.45, 2.75) is 55.6 Å². The van der Waals surface area contributed by atoms with Gasteiger partial charge in [0.25, 0.3) is 5.56 Å². The zero-order valence-electron chi connectivity index (χ0n) is 14.4. The number of nitrogens with zero attached hydrogens (tertiary/aromatic N) is 1. The topological polar surface area (TPSA) is 67.0 Å². The highest BCUT2D eigenvalue weighted by Gasteiger charge is 2.16. The maximum atomic E-state index is 12.4. The number of hydrogen-bond donors (Lipinski definition) is 2. The van der Waals surface area contributed by atoms with Crippen molar-refractivity contribution in [2.75, 3.05) is 18.5 Å². The molecule has 1 saturated heterocycles. The summed E-state index contributed by atoms with van der Waals surface area (Å²) in [6, 6.07) is 6.45. The monoisotopic (exact) mass is 359 g/mol. The van der Waals surface area contributed by atoms with E-state index in [4.69, 9.17) is 9.72 Å². The van der Waals surface area contributed by atoms with Gasteiger partial charge in [0.15, 0.2) is 0 Å². The first-order valence-corrected chi connectivity index (χ1v) is 10.3. The molecule has 0 amide bonds. The molecule has 2 aromatic rings. The fourth-order valence-corrected chi connectivity index (χ4v) is 4.75. The van der Waals surface area contributed by atoms with Crippen LogP contribution in [0.1, 0.15) is 44.3 Å². The average Bonchev–Trinajstić information content (AvgIpc) is 3.14. The van der Waals surface area contributed by atoms with E-state index in [-0.39, 0.29) is 5.56 Å². The molecule has 1 aliphatic heterocycles. The first kappa shape index (κ1) is 16.9. The van der Waals surface area contributed by atoms with Crippen LogP contribution in [0, 0.1) is 0 Å². The Morgan fingerprint density at radius 2 is 2.00 bits per heavy atom. The molecule has 0 radical (unpaired) electrons. The summed E-state index contributed by atoms with van der Waals surface area (Å²) in [7, 11) is 0. The molecule has 25 heavy (non-hydrogen) atoms. The number of benzene rings is 1. The summed E-state index contributed by atoms with van der Waals surface area (Å²) in [4.78, 5) is 20.0. The van der Waals surface area contributed by atoms with Crippen molar-refractivity contribution in [3.05, 3.63) is 34.4 Å². The summed E-state index contributed by atoms with van der Waals surface area (Å²) < 4.78 is 5.40. The van der Waals surface area contributed by atoms with Crippen LogP contribution in [-0.4, -0.2) is 34.5 Å². The van der Waals surface area contributed by atoms with Crippen LogP contribution >= 0.6 is 11.8 Å². The third kappa shape index (κ3) is 4.18. The predicted molar refractivity (Wildman–Crippen MR) is 103 cm³/mol. The Hall–Kier alpha value is -1.53. The van der Waals surface area contributed by atoms with Gasteiger partial charge in [0.05, 0.1) is 16.7 Å². The van der Waals surface area contributed by atoms with Gasteiger partial charge >= 0.3 is 0 Å². The lowest BCUT2D eigenvalue weighted by molar-refractivity contribution is 0.1000. The van der Waals surface area contributed by atoms with Gasteiger partial charge in [-0.2, -0.15) is 11.8 Å². The van der Waals surface area contributed by atoms with E-state index in [2.05, 4.69) is 10.3 Å². The number of ether oxygens (including phenoxy) is 1. The summed E-state index contributed by atoms with van der Waals surface area (Å²) in [5, 5.41) is 4.85. The third-order valence-corrected chi connectivity index (χ3v) is 6.49. The molecule has 1 saturated carbocycles. The van der Waals surface area contributed by atoms with Gasteiger partial charge in [0.2, 0.25) is 0 Å². The van der Waals surface area contributed by atoms with E-state index in [1.165, 1.54) is 25.7 Å². The normalized spacial score (nSPS) is 19.5. The fraction of sp³-hybridized carbons (Fsp3) is 0.579. The van der Waals surface area contributed by atoms with Crippen LogP contribution in [0.5, 0.6) is 0 Å². The minimum Gasteiger partial charge on any atom is -0.382 e. The number of fused-ring (bicyclic) bond motifs is 1. The summed E-state index contributed by atoms with van der Waals surface area (Å²) in [5.41, 5.74) is 1.81. The van der Waals surface area contributed by atoms with Crippen molar-refractivity contribution in [3.8, 4) is 0 Å². The van der Waals surface area contributed by atoms with Crippen LogP contribution in [0.25, 0.3) is 10.9 Å². The lowest BCUT2D eigenvalue weighted by Gasteiger charge is -2.21. The van der Waals surface area contributed by atoms with E-state index in [1.807, 2.05) is 30.0 Å². The van der Waals surface area contributed by atoms with Crippen LogP contribution in [-0.2, 0) is 10.5 Å². The van der Waals surface area contributed by atoms with Gasteiger partial charge in [-0.3, -0.25) is 4.79 Å². The van der Waals surface area contributed by atoms with E-state index in [9.17, 15) is 4.79 Å². The van der Waals surface area contributed by atoms with Crippen molar-refractivity contribution >= 4 is 28.4 Å². The Morgan fingerprint density at radius 3 is 2.80 bits per heavy atom. The van der Waals surface area contributed by atoms with Crippen LogP contribution in [0.2, 0.25) is 0 Å². The first-order valence-electron chi connectivity index (χ1n) is 9.27. The van der Waals surface area contributed by atoms with Crippen molar-refractivity contribution < 1.29 is 4.74 Å². The second-order valence-electron chi connectivity index (χ2n) is 6.99. The number of hydrogen-bond acceptors (Lipinski definition) is 5. The molecule has 0 spiro atoms. The quantitative estimate of drug-likeness (QED) is 0.852. The summed E-state index contributed by atoms with van der Waals surface area (Å²) in [5.74, 6) is 1.52. The van der Waals surface area contributed by atoms with Gasteiger partial charge in [0, 0.05) is 30.2 Å². The number of nitrogens with one attached hydrogen (secondary N) is 2. The number of H-pyrrole nitrogens is 1. The SMILES string of the molecule is O=c1[nH]c(CSC2CCOCC2)nc2cc(NC3CCCC3)ccc12. The predicted octanol–water partition coefficient (Wildman–Crippen LogP) is 3.69. The standard InChI is InChI=1S/C19H25N3O2S/c23-19-16-6-5-14(20-13-3-1-2-4-13)11-17(16)21-18(22-19)12-25-15-7-9-24-10-8-15/h5-6,11,13,15,20H,1-4,7-10,12H2,(H,21,22,23).